The molecule has 1 aromatic carbocycles. The Bertz CT molecular complexity index is 825. The molecule has 0 aliphatic carbocycles. The van der Waals surface area contributed by atoms with Gasteiger partial charge in [-0.15, -0.1) is 0 Å². The summed E-state index contributed by atoms with van der Waals surface area (Å²) < 4.78 is 0. The van der Waals surface area contributed by atoms with E-state index >= 15 is 0 Å². The van der Waals surface area contributed by atoms with Gasteiger partial charge in [-0.05, 0) is 31.5 Å². The summed E-state index contributed by atoms with van der Waals surface area (Å²) in [6.45, 7) is 3.98. The second-order valence-electron chi connectivity index (χ2n) is 5.77. The van der Waals surface area contributed by atoms with Crippen molar-refractivity contribution in [3.63, 3.8) is 0 Å². The minimum absolute atomic E-state index is 0.0731. The van der Waals surface area contributed by atoms with Crippen molar-refractivity contribution in [2.75, 3.05) is 7.05 Å². The highest BCUT2D eigenvalue weighted by Gasteiger charge is 2.20. The highest BCUT2D eigenvalue weighted by Crippen LogP contribution is 2.24. The highest BCUT2D eigenvalue weighted by atomic mass is 16.2. The zero-order chi connectivity index (χ0) is 16.4. The first-order valence-corrected chi connectivity index (χ1v) is 7.65. The second-order valence-corrected chi connectivity index (χ2v) is 5.77. The van der Waals surface area contributed by atoms with Gasteiger partial charge in [0, 0.05) is 29.8 Å². The molecule has 5 nitrogen and oxygen atoms in total. The molecule has 0 aliphatic heterocycles. The van der Waals surface area contributed by atoms with Gasteiger partial charge in [-0.2, -0.15) is 0 Å². The van der Waals surface area contributed by atoms with Crippen molar-refractivity contribution in [1.82, 2.24) is 19.9 Å². The first-order chi connectivity index (χ1) is 11.1. The van der Waals surface area contributed by atoms with Gasteiger partial charge < -0.3 is 9.88 Å². The Morgan fingerprint density at radius 1 is 1.30 bits per heavy atom. The topological polar surface area (TPSA) is 61.9 Å². The summed E-state index contributed by atoms with van der Waals surface area (Å²) in [7, 11) is 1.82. The number of nitrogens with zero attached hydrogens (tertiary/aromatic N) is 3. The number of nitrogens with one attached hydrogen (secondary N) is 1. The van der Waals surface area contributed by atoms with Gasteiger partial charge >= 0.3 is 0 Å². The molecule has 0 aliphatic rings. The van der Waals surface area contributed by atoms with E-state index in [0.29, 0.717) is 6.42 Å². The smallest absolute Gasteiger partial charge is 0.227 e. The number of likely N-dealkylation sites (N-methyl/N-ethyl adjacent to an activating group) is 1. The maximum Gasteiger partial charge on any atom is 0.227 e. The lowest BCUT2D eigenvalue weighted by atomic mass is 10.1. The van der Waals surface area contributed by atoms with Crippen LogP contribution in [0.15, 0.2) is 42.9 Å². The molecule has 1 amide bonds. The molecule has 0 bridgehead atoms. The molecular formula is C18H20N4O. The van der Waals surface area contributed by atoms with Crippen molar-refractivity contribution in [3.8, 4) is 0 Å². The molecular weight excluding hydrogens is 288 g/mol. The van der Waals surface area contributed by atoms with Crippen LogP contribution in [-0.4, -0.2) is 32.8 Å². The number of aromatic nitrogens is 3. The van der Waals surface area contributed by atoms with E-state index < -0.39 is 0 Å². The second kappa shape index (κ2) is 6.20. The number of hydrogen-bond acceptors (Lipinski definition) is 3. The van der Waals surface area contributed by atoms with Gasteiger partial charge in [-0.3, -0.25) is 4.79 Å². The lowest BCUT2D eigenvalue weighted by molar-refractivity contribution is -0.131. The van der Waals surface area contributed by atoms with Crippen molar-refractivity contribution in [3.05, 3.63) is 59.8 Å². The third kappa shape index (κ3) is 2.95. The lowest BCUT2D eigenvalue weighted by Crippen LogP contribution is -2.31. The van der Waals surface area contributed by atoms with Gasteiger partial charge in [0.2, 0.25) is 5.91 Å². The van der Waals surface area contributed by atoms with Gasteiger partial charge in [0.25, 0.3) is 0 Å². The molecule has 1 atom stereocenters. The molecule has 3 aromatic rings. The van der Waals surface area contributed by atoms with Crippen molar-refractivity contribution < 1.29 is 4.79 Å². The molecule has 0 radical (unpaired) electrons. The molecule has 23 heavy (non-hydrogen) atoms. The van der Waals surface area contributed by atoms with E-state index in [-0.39, 0.29) is 11.9 Å². The van der Waals surface area contributed by atoms with E-state index in [4.69, 9.17) is 0 Å². The van der Waals surface area contributed by atoms with Crippen LogP contribution in [0, 0.1) is 6.92 Å². The number of aromatic amines is 1. The minimum atomic E-state index is -0.0870. The average molecular weight is 308 g/mol. The van der Waals surface area contributed by atoms with Crippen LogP contribution < -0.4 is 0 Å². The molecule has 2 aromatic heterocycles. The predicted octanol–water partition coefficient (Wildman–Crippen LogP) is 3.03. The summed E-state index contributed by atoms with van der Waals surface area (Å²) in [5.74, 6) is 0.0731. The number of amides is 1. The van der Waals surface area contributed by atoms with E-state index in [1.165, 1.54) is 6.33 Å². The van der Waals surface area contributed by atoms with Crippen molar-refractivity contribution in [1.29, 1.82) is 0 Å². The van der Waals surface area contributed by atoms with Gasteiger partial charge in [-0.1, -0.05) is 18.2 Å². The fraction of sp³-hybridized carbons (Fsp3) is 0.278. The van der Waals surface area contributed by atoms with Gasteiger partial charge in [-0.25, -0.2) is 9.97 Å². The van der Waals surface area contributed by atoms with Gasteiger partial charge in [0.1, 0.15) is 6.33 Å². The summed E-state index contributed by atoms with van der Waals surface area (Å²) in [4.78, 5) is 25.9. The van der Waals surface area contributed by atoms with Gasteiger partial charge in [0.15, 0.2) is 0 Å². The monoisotopic (exact) mass is 308 g/mol. The third-order valence-electron chi connectivity index (χ3n) is 4.36. The van der Waals surface area contributed by atoms with E-state index in [0.717, 1.165) is 27.9 Å². The third-order valence-corrected chi connectivity index (χ3v) is 4.36. The molecule has 0 saturated carbocycles. The summed E-state index contributed by atoms with van der Waals surface area (Å²) in [5, 5.41) is 1.11. The number of benzene rings is 1. The summed E-state index contributed by atoms with van der Waals surface area (Å²) >= 11 is 0. The summed E-state index contributed by atoms with van der Waals surface area (Å²) in [6.07, 6.45) is 3.58. The summed E-state index contributed by atoms with van der Waals surface area (Å²) in [6, 6.07) is 9.82. The minimum Gasteiger partial charge on any atom is -0.358 e. The largest absolute Gasteiger partial charge is 0.358 e. The molecule has 0 unspecified atom stereocenters. The molecule has 0 fully saturated rings. The average Bonchev–Trinajstić information content (AvgIpc) is 2.90. The van der Waals surface area contributed by atoms with Crippen molar-refractivity contribution in [2.45, 2.75) is 26.3 Å². The Morgan fingerprint density at radius 2 is 2.09 bits per heavy atom. The normalized spacial score (nSPS) is 12.3. The lowest BCUT2D eigenvalue weighted by Gasteiger charge is -2.24. The molecule has 0 saturated heterocycles. The molecule has 0 spiro atoms. The number of aryl methyl sites for hydroxylation is 1. The van der Waals surface area contributed by atoms with Crippen LogP contribution >= 0.6 is 0 Å². The zero-order valence-corrected chi connectivity index (χ0v) is 13.6. The standard InChI is InChI=1S/C18H20N4O/c1-12-15(14-6-4-5-7-17(14)21-12)10-18(23)22(3)13(2)16-8-9-19-11-20-16/h4-9,11,13,21H,10H2,1-3H3/t13-/m1/s1. The number of fused-ring (bicyclic) bond motifs is 1. The van der Waals surface area contributed by atoms with Crippen molar-refractivity contribution in [2.24, 2.45) is 0 Å². The number of hydrogen-bond donors (Lipinski definition) is 1. The Morgan fingerprint density at radius 3 is 2.83 bits per heavy atom. The molecule has 3 rings (SSSR count). The van der Waals surface area contributed by atoms with E-state index in [9.17, 15) is 4.79 Å². The van der Waals surface area contributed by atoms with Crippen LogP contribution in [0.25, 0.3) is 10.9 Å². The zero-order valence-electron chi connectivity index (χ0n) is 13.6. The number of para-hydroxylation sites is 1. The Labute approximate surface area is 135 Å². The molecule has 2 heterocycles. The number of H-pyrrole nitrogens is 1. The van der Waals surface area contributed by atoms with Crippen LogP contribution in [-0.2, 0) is 11.2 Å². The fourth-order valence-electron chi connectivity index (χ4n) is 2.80. The van der Waals surface area contributed by atoms with Crippen LogP contribution in [0.4, 0.5) is 0 Å². The number of rotatable bonds is 4. The quantitative estimate of drug-likeness (QED) is 0.806. The van der Waals surface area contributed by atoms with Crippen LogP contribution in [0.3, 0.4) is 0 Å². The Hall–Kier alpha value is -2.69. The van der Waals surface area contributed by atoms with E-state index in [1.54, 1.807) is 11.1 Å². The first-order valence-electron chi connectivity index (χ1n) is 7.65. The van der Waals surface area contributed by atoms with Crippen molar-refractivity contribution >= 4 is 16.8 Å². The molecule has 118 valence electrons. The fourth-order valence-corrected chi connectivity index (χ4v) is 2.80. The van der Waals surface area contributed by atoms with E-state index in [2.05, 4.69) is 21.0 Å². The molecule has 1 N–H and O–H groups in total. The van der Waals surface area contributed by atoms with E-state index in [1.807, 2.05) is 45.2 Å². The van der Waals surface area contributed by atoms with Crippen LogP contribution in [0.1, 0.15) is 29.9 Å². The number of carbonyl (C=O) groups excluding carboxylic acids is 1. The predicted molar refractivity (Wildman–Crippen MR) is 90.0 cm³/mol. The Balaban J connectivity index is 1.82. The Kier molecular flexibility index (Phi) is 4.10. The van der Waals surface area contributed by atoms with Gasteiger partial charge in [0.05, 0.1) is 18.2 Å². The first kappa shape index (κ1) is 15.2. The summed E-state index contributed by atoms with van der Waals surface area (Å²) in [5.41, 5.74) is 4.01. The SMILES string of the molecule is Cc1[nH]c2ccccc2c1CC(=O)N(C)[C@H](C)c1ccncn1. The maximum atomic E-state index is 12.7. The highest BCUT2D eigenvalue weighted by molar-refractivity contribution is 5.90. The van der Waals surface area contributed by atoms with Crippen LogP contribution in [0.5, 0.6) is 0 Å². The molecule has 5 heteroatoms. The number of carbonyl (C=O) groups is 1. The maximum absolute atomic E-state index is 12.7. The van der Waals surface area contributed by atoms with Crippen LogP contribution in [0.2, 0.25) is 0 Å².